The minimum absolute atomic E-state index is 0.00672. The maximum atomic E-state index is 14.1. The van der Waals surface area contributed by atoms with Gasteiger partial charge in [0, 0.05) is 6.54 Å². The summed E-state index contributed by atoms with van der Waals surface area (Å²) < 4.78 is 116. The summed E-state index contributed by atoms with van der Waals surface area (Å²) in [5.41, 5.74) is -5.61. The number of hydrogen-bond donors (Lipinski definition) is 0. The Bertz CT molecular complexity index is 860. The Hall–Kier alpha value is -1.80. The van der Waals surface area contributed by atoms with E-state index < -0.39 is 51.8 Å². The number of nitrogens with zero attached hydrogens (tertiary/aromatic N) is 1. The van der Waals surface area contributed by atoms with Gasteiger partial charge in [-0.25, -0.2) is 4.39 Å². The molecule has 1 aromatic carbocycles. The smallest absolute Gasteiger partial charge is 0.274 e. The van der Waals surface area contributed by atoms with Crippen molar-refractivity contribution in [2.24, 2.45) is 0 Å². The van der Waals surface area contributed by atoms with Crippen LogP contribution in [0.5, 0.6) is 0 Å². The third-order valence-electron chi connectivity index (χ3n) is 4.51. The van der Waals surface area contributed by atoms with E-state index in [1.165, 1.54) is 12.1 Å². The van der Waals surface area contributed by atoms with Crippen molar-refractivity contribution < 1.29 is 49.1 Å². The minimum Gasteiger partial charge on any atom is -0.274 e. The van der Waals surface area contributed by atoms with E-state index in [4.69, 9.17) is 0 Å². The molecule has 0 N–H and O–H groups in total. The van der Waals surface area contributed by atoms with E-state index in [0.717, 1.165) is 27.5 Å². The van der Waals surface area contributed by atoms with Gasteiger partial charge in [0.15, 0.2) is 0 Å². The molecule has 1 aromatic rings. The molecule has 1 heterocycles. The second kappa shape index (κ2) is 8.62. The molecule has 31 heavy (non-hydrogen) atoms. The Morgan fingerprint density at radius 1 is 0.839 bits per heavy atom. The van der Waals surface area contributed by atoms with E-state index >= 15 is 0 Å². The highest BCUT2D eigenvalue weighted by molar-refractivity contribution is 14.1. The standard InChI is InChI=1S/C18H13F9INO2/c19-15(17(22,23)24,16(20,21)18(25,26)27)9-10(28)5-3-4-8-29-13(30)11-6-1-2-7-12(11)14(29)31/h1-2,6-7,9H,3-5,8H2. The summed E-state index contributed by atoms with van der Waals surface area (Å²) in [6, 6.07) is 5.95. The van der Waals surface area contributed by atoms with Gasteiger partial charge in [-0.1, -0.05) is 12.1 Å². The van der Waals surface area contributed by atoms with Gasteiger partial charge in [0.25, 0.3) is 17.5 Å². The first kappa shape index (κ1) is 25.5. The number of halogens is 10. The fourth-order valence-corrected chi connectivity index (χ4v) is 3.66. The number of carbonyl (C=O) groups is 2. The van der Waals surface area contributed by atoms with Crippen molar-refractivity contribution in [2.75, 3.05) is 6.54 Å². The molecule has 172 valence electrons. The third-order valence-corrected chi connectivity index (χ3v) is 5.36. The quantitative estimate of drug-likeness (QED) is 0.168. The van der Waals surface area contributed by atoms with Crippen molar-refractivity contribution in [3.63, 3.8) is 0 Å². The van der Waals surface area contributed by atoms with Crippen LogP contribution in [0.15, 0.2) is 33.9 Å². The summed E-state index contributed by atoms with van der Waals surface area (Å²) in [7, 11) is 0. The normalized spacial score (nSPS) is 17.7. The van der Waals surface area contributed by atoms with Crippen molar-refractivity contribution in [3.8, 4) is 0 Å². The number of allylic oxidation sites excluding steroid dienone is 2. The maximum absolute atomic E-state index is 14.1. The topological polar surface area (TPSA) is 37.4 Å². The Balaban J connectivity index is 2.05. The van der Waals surface area contributed by atoms with Crippen LogP contribution >= 0.6 is 22.6 Å². The fraction of sp³-hybridized carbons (Fsp3) is 0.444. The lowest BCUT2D eigenvalue weighted by Crippen LogP contribution is -2.61. The SMILES string of the molecule is O=C1c2ccccc2C(=O)N1CCCCC(I)=CC(F)(C(F)(F)F)C(F)(F)C(F)(F)F. The van der Waals surface area contributed by atoms with Gasteiger partial charge in [-0.3, -0.25) is 14.5 Å². The molecule has 0 aromatic heterocycles. The minimum atomic E-state index is -6.77. The molecule has 0 fully saturated rings. The summed E-state index contributed by atoms with van der Waals surface area (Å²) in [4.78, 5) is 25.2. The van der Waals surface area contributed by atoms with E-state index in [1.807, 2.05) is 0 Å². The first-order valence-electron chi connectivity index (χ1n) is 8.57. The molecule has 2 rings (SSSR count). The molecule has 0 bridgehead atoms. The van der Waals surface area contributed by atoms with Crippen LogP contribution in [0.3, 0.4) is 0 Å². The largest absolute Gasteiger partial charge is 0.457 e. The number of amides is 2. The summed E-state index contributed by atoms with van der Waals surface area (Å²) >= 11 is 1.04. The lowest BCUT2D eigenvalue weighted by atomic mass is 9.95. The monoisotopic (exact) mass is 573 g/mol. The summed E-state index contributed by atoms with van der Waals surface area (Å²) in [6.45, 7) is -0.158. The molecular weight excluding hydrogens is 560 g/mol. The molecule has 0 saturated carbocycles. The number of unbranched alkanes of at least 4 members (excludes halogenated alkanes) is 1. The van der Waals surface area contributed by atoms with Crippen LogP contribution in [-0.4, -0.2) is 47.2 Å². The summed E-state index contributed by atoms with van der Waals surface area (Å²) in [6.07, 6.45) is -14.6. The molecule has 1 unspecified atom stereocenters. The number of alkyl halides is 9. The van der Waals surface area contributed by atoms with E-state index in [9.17, 15) is 49.1 Å². The number of fused-ring (bicyclic) bond motifs is 1. The van der Waals surface area contributed by atoms with Crippen LogP contribution in [0.4, 0.5) is 39.5 Å². The lowest BCUT2D eigenvalue weighted by molar-refractivity contribution is -0.369. The van der Waals surface area contributed by atoms with Crippen molar-refractivity contribution >= 4 is 34.4 Å². The Kier molecular flexibility index (Phi) is 7.08. The molecule has 0 spiro atoms. The van der Waals surface area contributed by atoms with Crippen LogP contribution in [0, 0.1) is 0 Å². The number of carbonyl (C=O) groups excluding carboxylic acids is 2. The van der Waals surface area contributed by atoms with E-state index in [1.54, 1.807) is 12.1 Å². The molecule has 1 atom stereocenters. The second-order valence-corrected chi connectivity index (χ2v) is 8.02. The van der Waals surface area contributed by atoms with Gasteiger partial charge >= 0.3 is 18.3 Å². The predicted octanol–water partition coefficient (Wildman–Crippen LogP) is 6.24. The van der Waals surface area contributed by atoms with Gasteiger partial charge < -0.3 is 0 Å². The third kappa shape index (κ3) is 4.70. The molecule has 2 amide bonds. The van der Waals surface area contributed by atoms with Crippen LogP contribution in [-0.2, 0) is 0 Å². The summed E-state index contributed by atoms with van der Waals surface area (Å²) in [5.74, 6) is -7.87. The Morgan fingerprint density at radius 3 is 1.74 bits per heavy atom. The number of benzene rings is 1. The number of imide groups is 1. The van der Waals surface area contributed by atoms with Crippen LogP contribution in [0.1, 0.15) is 40.0 Å². The van der Waals surface area contributed by atoms with Gasteiger partial charge in [0.2, 0.25) is 0 Å². The second-order valence-electron chi connectivity index (χ2n) is 6.64. The van der Waals surface area contributed by atoms with E-state index in [2.05, 4.69) is 0 Å². The predicted molar refractivity (Wildman–Crippen MR) is 98.7 cm³/mol. The fourth-order valence-electron chi connectivity index (χ4n) is 2.85. The number of hydrogen-bond acceptors (Lipinski definition) is 2. The average molecular weight is 573 g/mol. The zero-order valence-electron chi connectivity index (χ0n) is 15.3. The maximum Gasteiger partial charge on any atom is 0.457 e. The van der Waals surface area contributed by atoms with Crippen LogP contribution in [0.25, 0.3) is 0 Å². The van der Waals surface area contributed by atoms with Gasteiger partial charge in [-0.15, -0.1) is 0 Å². The molecule has 1 aliphatic rings. The van der Waals surface area contributed by atoms with E-state index in [-0.39, 0.29) is 30.5 Å². The zero-order chi connectivity index (χ0) is 23.8. The first-order valence-corrected chi connectivity index (χ1v) is 9.65. The van der Waals surface area contributed by atoms with Crippen molar-refractivity contribution in [1.82, 2.24) is 4.90 Å². The molecule has 3 nitrogen and oxygen atoms in total. The van der Waals surface area contributed by atoms with Crippen LogP contribution in [0.2, 0.25) is 0 Å². The van der Waals surface area contributed by atoms with Crippen molar-refractivity contribution in [1.29, 1.82) is 0 Å². The highest BCUT2D eigenvalue weighted by Crippen LogP contribution is 2.54. The molecule has 0 aliphatic carbocycles. The highest BCUT2D eigenvalue weighted by atomic mass is 127. The molecule has 1 aliphatic heterocycles. The molecule has 13 heteroatoms. The van der Waals surface area contributed by atoms with Gasteiger partial charge in [0.05, 0.1) is 11.1 Å². The average Bonchev–Trinajstić information content (AvgIpc) is 2.88. The lowest BCUT2D eigenvalue weighted by Gasteiger charge is -2.34. The van der Waals surface area contributed by atoms with Gasteiger partial charge in [0.1, 0.15) is 0 Å². The first-order chi connectivity index (χ1) is 14.0. The molecule has 0 saturated heterocycles. The molecule has 0 radical (unpaired) electrons. The van der Waals surface area contributed by atoms with Crippen molar-refractivity contribution in [3.05, 3.63) is 45.0 Å². The Morgan fingerprint density at radius 2 is 1.32 bits per heavy atom. The summed E-state index contributed by atoms with van der Waals surface area (Å²) in [5, 5.41) is 0. The van der Waals surface area contributed by atoms with E-state index in [0.29, 0.717) is 0 Å². The van der Waals surface area contributed by atoms with Gasteiger partial charge in [-0.05, 0) is 63.6 Å². The highest BCUT2D eigenvalue weighted by Gasteiger charge is 2.80. The zero-order valence-corrected chi connectivity index (χ0v) is 17.4. The van der Waals surface area contributed by atoms with Gasteiger partial charge in [-0.2, -0.15) is 35.1 Å². The van der Waals surface area contributed by atoms with Crippen LogP contribution < -0.4 is 0 Å². The Labute approximate surface area is 183 Å². The molecular formula is C18H13F9INO2. The van der Waals surface area contributed by atoms with Crippen molar-refractivity contribution in [2.45, 2.75) is 43.2 Å². The number of rotatable bonds is 7.